The van der Waals surface area contributed by atoms with Crippen molar-refractivity contribution in [3.8, 4) is 40.1 Å². The van der Waals surface area contributed by atoms with Crippen LogP contribution >= 0.6 is 0 Å². The molecule has 5 atom stereocenters. The minimum Gasteiger partial charge on any atom is -0.507 e. The summed E-state index contributed by atoms with van der Waals surface area (Å²) < 4.78 is 52.8. The highest BCUT2D eigenvalue weighted by atomic mass is 32.3. The van der Waals surface area contributed by atoms with Crippen molar-refractivity contribution in [2.75, 3.05) is 6.61 Å². The maximum absolute atomic E-state index is 12.9. The highest BCUT2D eigenvalue weighted by molar-refractivity contribution is 7.81. The Morgan fingerprint density at radius 1 is 0.919 bits per heavy atom. The molecule has 3 aromatic rings. The summed E-state index contributed by atoms with van der Waals surface area (Å²) in [4.78, 5) is 12.9. The van der Waals surface area contributed by atoms with E-state index < -0.39 is 92.9 Å². The Morgan fingerprint density at radius 3 is 2.24 bits per heavy atom. The van der Waals surface area contributed by atoms with Crippen molar-refractivity contribution >= 4 is 21.4 Å². The molecule has 1 aliphatic rings. The first-order chi connectivity index (χ1) is 17.3. The van der Waals surface area contributed by atoms with Gasteiger partial charge in [-0.05, 0) is 18.2 Å². The number of aliphatic hydroxyl groups excluding tert-OH is 4. The van der Waals surface area contributed by atoms with Gasteiger partial charge in [0.25, 0.3) is 0 Å². The van der Waals surface area contributed by atoms with Gasteiger partial charge in [-0.15, -0.1) is 0 Å². The highest BCUT2D eigenvalue weighted by Crippen LogP contribution is 2.43. The minimum atomic E-state index is -5.26. The summed E-state index contributed by atoms with van der Waals surface area (Å²) in [5, 5.41) is 68.9. The van der Waals surface area contributed by atoms with Crippen molar-refractivity contribution in [2.24, 2.45) is 0 Å². The van der Waals surface area contributed by atoms with E-state index in [0.717, 1.165) is 18.2 Å². The van der Waals surface area contributed by atoms with Crippen molar-refractivity contribution < 1.29 is 66.8 Å². The summed E-state index contributed by atoms with van der Waals surface area (Å²) in [6.07, 6.45) is -9.05. The van der Waals surface area contributed by atoms with Gasteiger partial charge in [0.15, 0.2) is 28.3 Å². The lowest BCUT2D eigenvalue weighted by molar-refractivity contribution is -0.277. The third-order valence-corrected chi connectivity index (χ3v) is 5.83. The molecule has 1 aliphatic heterocycles. The monoisotopic (exact) mass is 544 g/mol. The lowest BCUT2D eigenvalue weighted by Gasteiger charge is -2.39. The Labute approximate surface area is 206 Å². The summed E-state index contributed by atoms with van der Waals surface area (Å²) in [6, 6.07) is 4.83. The Kier molecular flexibility index (Phi) is 6.91. The van der Waals surface area contributed by atoms with Gasteiger partial charge in [0, 0.05) is 17.7 Å². The zero-order valence-corrected chi connectivity index (χ0v) is 19.1. The number of hydrogen-bond acceptors (Lipinski definition) is 14. The van der Waals surface area contributed by atoms with Gasteiger partial charge in [-0.25, -0.2) is 0 Å². The Morgan fingerprint density at radius 2 is 1.62 bits per heavy atom. The molecule has 0 bridgehead atoms. The van der Waals surface area contributed by atoms with E-state index in [1.54, 1.807) is 0 Å². The van der Waals surface area contributed by atoms with Gasteiger partial charge in [0.2, 0.25) is 12.0 Å². The fraction of sp³-hybridized carbons (Fsp3) is 0.286. The van der Waals surface area contributed by atoms with E-state index in [1.807, 2.05) is 0 Å². The molecule has 0 unspecified atom stereocenters. The first-order valence-electron chi connectivity index (χ1n) is 10.3. The van der Waals surface area contributed by atoms with E-state index in [0.29, 0.717) is 6.07 Å². The zero-order valence-electron chi connectivity index (χ0n) is 18.3. The smallest absolute Gasteiger partial charge is 0.446 e. The van der Waals surface area contributed by atoms with Crippen LogP contribution in [0.5, 0.6) is 28.7 Å². The number of hydrogen-bond donors (Lipinski definition) is 8. The molecule has 16 heteroatoms. The standard InChI is InChI=1S/C21H20O15S/c22-6-14-16(27)17(28)18(29)21(34-14)35-19-13(36-37(30,31)32)5-11(26)15-10(25)4-12(33-20(15)19)7-1-2-8(23)9(24)3-7/h1-5,14,16-18,21-24,26-29H,6H2,(H,30,31,32)/t14-,16-,17+,18-,21+/m1/s1. The second kappa shape index (κ2) is 9.67. The minimum absolute atomic E-state index is 0.0358. The van der Waals surface area contributed by atoms with Crippen LogP contribution in [-0.4, -0.2) is 86.0 Å². The second-order valence-corrected chi connectivity index (χ2v) is 8.95. The molecule has 1 fully saturated rings. The number of ether oxygens (including phenoxy) is 2. The SMILES string of the molecule is O=c1cc(-c2ccc(O)c(O)c2)oc2c(O[C@@H]3O[C@H](CO)[C@@H](O)[C@H](O)[C@H]3O)c(OS(=O)(=O)O)cc(O)c12. The quantitative estimate of drug-likeness (QED) is 0.136. The number of benzene rings is 2. The van der Waals surface area contributed by atoms with Crippen molar-refractivity contribution in [1.82, 2.24) is 0 Å². The molecule has 2 heterocycles. The normalized spacial score (nSPS) is 24.2. The predicted octanol–water partition coefficient (Wildman–Crippen LogP) is -1.06. The van der Waals surface area contributed by atoms with Crippen LogP contribution in [0.4, 0.5) is 0 Å². The van der Waals surface area contributed by atoms with Gasteiger partial charge in [0.1, 0.15) is 41.3 Å². The lowest BCUT2D eigenvalue weighted by Crippen LogP contribution is -2.60. The van der Waals surface area contributed by atoms with E-state index in [2.05, 4.69) is 4.18 Å². The highest BCUT2D eigenvalue weighted by Gasteiger charge is 2.45. The van der Waals surface area contributed by atoms with E-state index in [-0.39, 0.29) is 11.3 Å². The van der Waals surface area contributed by atoms with E-state index in [4.69, 9.17) is 13.9 Å². The number of phenolic OH excluding ortho intramolecular Hbond substituents is 3. The summed E-state index contributed by atoms with van der Waals surface area (Å²) in [7, 11) is -5.26. The first-order valence-corrected chi connectivity index (χ1v) is 11.7. The Bertz CT molecular complexity index is 1500. The number of rotatable bonds is 6. The first kappa shape index (κ1) is 26.4. The van der Waals surface area contributed by atoms with Gasteiger partial charge in [-0.2, -0.15) is 8.42 Å². The summed E-state index contributed by atoms with van der Waals surface area (Å²) in [5.41, 5.74) is -1.56. The van der Waals surface area contributed by atoms with Crippen LogP contribution in [0, 0.1) is 0 Å². The Hall–Kier alpha value is -3.64. The molecular weight excluding hydrogens is 524 g/mol. The lowest BCUT2D eigenvalue weighted by atomic mass is 9.99. The van der Waals surface area contributed by atoms with E-state index in [9.17, 15) is 53.5 Å². The molecule has 1 saturated heterocycles. The fourth-order valence-electron chi connectivity index (χ4n) is 3.66. The van der Waals surface area contributed by atoms with Gasteiger partial charge in [-0.3, -0.25) is 9.35 Å². The average Bonchev–Trinajstić information content (AvgIpc) is 2.81. The number of aliphatic hydroxyl groups is 4. The zero-order chi connectivity index (χ0) is 27.2. The molecule has 37 heavy (non-hydrogen) atoms. The maximum atomic E-state index is 12.9. The second-order valence-electron chi connectivity index (χ2n) is 7.93. The van der Waals surface area contributed by atoms with Gasteiger partial charge < -0.3 is 53.8 Å². The third-order valence-electron chi connectivity index (χ3n) is 5.44. The van der Waals surface area contributed by atoms with E-state index in [1.165, 1.54) is 6.07 Å². The van der Waals surface area contributed by atoms with E-state index >= 15 is 0 Å². The van der Waals surface area contributed by atoms with Crippen LogP contribution in [0.3, 0.4) is 0 Å². The molecule has 0 amide bonds. The Balaban J connectivity index is 1.95. The number of phenols is 3. The molecule has 0 saturated carbocycles. The van der Waals surface area contributed by atoms with Crippen LogP contribution in [0.25, 0.3) is 22.3 Å². The molecule has 0 spiro atoms. The summed E-state index contributed by atoms with van der Waals surface area (Å²) in [6.45, 7) is -0.834. The van der Waals surface area contributed by atoms with Crippen LogP contribution in [-0.2, 0) is 15.1 Å². The fourth-order valence-corrected chi connectivity index (χ4v) is 4.01. The van der Waals surface area contributed by atoms with Crippen LogP contribution < -0.4 is 14.3 Å². The average molecular weight is 544 g/mol. The van der Waals surface area contributed by atoms with Crippen molar-refractivity contribution in [3.05, 3.63) is 40.6 Å². The molecule has 1 aromatic heterocycles. The predicted molar refractivity (Wildman–Crippen MR) is 119 cm³/mol. The molecule has 0 aliphatic carbocycles. The van der Waals surface area contributed by atoms with Crippen molar-refractivity contribution in [2.45, 2.75) is 30.7 Å². The van der Waals surface area contributed by atoms with Crippen molar-refractivity contribution in [1.29, 1.82) is 0 Å². The van der Waals surface area contributed by atoms with Crippen molar-refractivity contribution in [3.63, 3.8) is 0 Å². The van der Waals surface area contributed by atoms with Gasteiger partial charge in [-0.1, -0.05) is 0 Å². The van der Waals surface area contributed by atoms with Gasteiger partial charge in [0.05, 0.1) is 6.61 Å². The molecule has 8 N–H and O–H groups in total. The number of fused-ring (bicyclic) bond motifs is 1. The molecule has 4 rings (SSSR count). The maximum Gasteiger partial charge on any atom is 0.446 e. The molecule has 15 nitrogen and oxygen atoms in total. The molecule has 200 valence electrons. The molecule has 2 aromatic carbocycles. The van der Waals surface area contributed by atoms with Crippen LogP contribution in [0.1, 0.15) is 0 Å². The van der Waals surface area contributed by atoms with Crippen LogP contribution in [0.15, 0.2) is 39.5 Å². The number of aromatic hydroxyl groups is 3. The third kappa shape index (κ3) is 5.12. The summed E-state index contributed by atoms with van der Waals surface area (Å²) >= 11 is 0. The molecular formula is C21H20O15S. The van der Waals surface area contributed by atoms with Gasteiger partial charge >= 0.3 is 10.4 Å². The largest absolute Gasteiger partial charge is 0.507 e. The molecule has 0 radical (unpaired) electrons. The summed E-state index contributed by atoms with van der Waals surface area (Å²) in [5.74, 6) is -3.99. The topological polar surface area (TPSA) is 254 Å². The van der Waals surface area contributed by atoms with Crippen LogP contribution in [0.2, 0.25) is 0 Å².